The number of carbonyl (C=O) groups is 2. The Morgan fingerprint density at radius 1 is 1.28 bits per heavy atom. The normalized spacial score (nSPS) is 16.5. The number of hydrogen-bond acceptors (Lipinski definition) is 3. The second-order valence-corrected chi connectivity index (χ2v) is 4.41. The monoisotopic (exact) mass is 244 g/mol. The van der Waals surface area contributed by atoms with Crippen molar-refractivity contribution in [2.45, 2.75) is 19.8 Å². The highest BCUT2D eigenvalue weighted by atomic mass is 16.5. The summed E-state index contributed by atoms with van der Waals surface area (Å²) in [6.07, 6.45) is 4.43. The third-order valence-corrected chi connectivity index (χ3v) is 3.11. The van der Waals surface area contributed by atoms with Crippen molar-refractivity contribution in [2.24, 2.45) is 5.41 Å². The van der Waals surface area contributed by atoms with E-state index in [4.69, 9.17) is 4.74 Å². The molecule has 0 saturated heterocycles. The SMILES string of the molecule is CCOC(=O)C1(C(=O)C=Cc2ccccc2)CC1. The summed E-state index contributed by atoms with van der Waals surface area (Å²) in [6, 6.07) is 9.55. The third-order valence-electron chi connectivity index (χ3n) is 3.11. The summed E-state index contributed by atoms with van der Waals surface area (Å²) in [6.45, 7) is 2.06. The minimum Gasteiger partial charge on any atom is -0.465 e. The maximum absolute atomic E-state index is 12.0. The van der Waals surface area contributed by atoms with E-state index >= 15 is 0 Å². The number of allylic oxidation sites excluding steroid dienone is 1. The lowest BCUT2D eigenvalue weighted by Gasteiger charge is -2.09. The molecule has 0 spiro atoms. The number of rotatable bonds is 5. The molecule has 0 unspecified atom stereocenters. The van der Waals surface area contributed by atoms with Crippen LogP contribution in [0.2, 0.25) is 0 Å². The molecule has 1 aliphatic carbocycles. The van der Waals surface area contributed by atoms with Gasteiger partial charge in [0.05, 0.1) is 6.61 Å². The average molecular weight is 244 g/mol. The standard InChI is InChI=1S/C15H16O3/c1-2-18-14(17)15(10-11-15)13(16)9-8-12-6-4-3-5-7-12/h3-9H,2,10-11H2,1H3. The number of carbonyl (C=O) groups excluding carboxylic acids is 2. The highest BCUT2D eigenvalue weighted by molar-refractivity contribution is 6.13. The van der Waals surface area contributed by atoms with Crippen LogP contribution in [-0.2, 0) is 14.3 Å². The van der Waals surface area contributed by atoms with Crippen LogP contribution in [0, 0.1) is 5.41 Å². The van der Waals surface area contributed by atoms with Crippen molar-refractivity contribution >= 4 is 17.8 Å². The highest BCUT2D eigenvalue weighted by Crippen LogP contribution is 2.48. The highest BCUT2D eigenvalue weighted by Gasteiger charge is 2.56. The van der Waals surface area contributed by atoms with Crippen LogP contribution in [0.4, 0.5) is 0 Å². The summed E-state index contributed by atoms with van der Waals surface area (Å²) >= 11 is 0. The molecule has 1 aromatic rings. The van der Waals surface area contributed by atoms with Gasteiger partial charge in [-0.25, -0.2) is 0 Å². The minimum atomic E-state index is -0.888. The molecule has 3 nitrogen and oxygen atoms in total. The molecular formula is C15H16O3. The zero-order valence-corrected chi connectivity index (χ0v) is 10.4. The number of esters is 1. The van der Waals surface area contributed by atoms with E-state index in [1.54, 1.807) is 13.0 Å². The molecule has 18 heavy (non-hydrogen) atoms. The van der Waals surface area contributed by atoms with Gasteiger partial charge < -0.3 is 4.74 Å². The first-order chi connectivity index (χ1) is 8.69. The van der Waals surface area contributed by atoms with Crippen molar-refractivity contribution in [1.82, 2.24) is 0 Å². The van der Waals surface area contributed by atoms with Crippen LogP contribution in [0.25, 0.3) is 6.08 Å². The van der Waals surface area contributed by atoms with Crippen LogP contribution in [-0.4, -0.2) is 18.4 Å². The molecule has 0 heterocycles. The van der Waals surface area contributed by atoms with Crippen molar-refractivity contribution in [3.05, 3.63) is 42.0 Å². The van der Waals surface area contributed by atoms with Gasteiger partial charge in [-0.2, -0.15) is 0 Å². The van der Waals surface area contributed by atoms with Gasteiger partial charge in [0.2, 0.25) is 0 Å². The summed E-state index contributed by atoms with van der Waals surface area (Å²) in [5.74, 6) is -0.530. The molecule has 94 valence electrons. The second-order valence-electron chi connectivity index (χ2n) is 4.41. The first kappa shape index (κ1) is 12.6. The van der Waals surface area contributed by atoms with Crippen LogP contribution >= 0.6 is 0 Å². The van der Waals surface area contributed by atoms with Gasteiger partial charge in [0.15, 0.2) is 5.78 Å². The van der Waals surface area contributed by atoms with E-state index in [2.05, 4.69) is 0 Å². The van der Waals surface area contributed by atoms with Gasteiger partial charge in [0.25, 0.3) is 0 Å². The largest absolute Gasteiger partial charge is 0.465 e. The predicted octanol–water partition coefficient (Wildman–Crippen LogP) is 2.61. The molecule has 0 aliphatic heterocycles. The predicted molar refractivity (Wildman–Crippen MR) is 68.8 cm³/mol. The van der Waals surface area contributed by atoms with E-state index < -0.39 is 5.41 Å². The molecule has 0 amide bonds. The first-order valence-electron chi connectivity index (χ1n) is 6.14. The second kappa shape index (κ2) is 5.17. The summed E-state index contributed by atoms with van der Waals surface area (Å²) in [5.41, 5.74) is 0.0619. The topological polar surface area (TPSA) is 43.4 Å². The van der Waals surface area contributed by atoms with Crippen molar-refractivity contribution in [3.63, 3.8) is 0 Å². The van der Waals surface area contributed by atoms with E-state index in [-0.39, 0.29) is 11.8 Å². The van der Waals surface area contributed by atoms with Crippen LogP contribution < -0.4 is 0 Å². The van der Waals surface area contributed by atoms with Gasteiger partial charge in [0, 0.05) is 0 Å². The lowest BCUT2D eigenvalue weighted by molar-refractivity contribution is -0.152. The van der Waals surface area contributed by atoms with E-state index in [9.17, 15) is 9.59 Å². The summed E-state index contributed by atoms with van der Waals surface area (Å²) in [4.78, 5) is 23.7. The zero-order valence-electron chi connectivity index (χ0n) is 10.4. The number of benzene rings is 1. The lowest BCUT2D eigenvalue weighted by atomic mass is 10.0. The zero-order chi connectivity index (χ0) is 13.0. The fraction of sp³-hybridized carbons (Fsp3) is 0.333. The molecule has 0 bridgehead atoms. The third kappa shape index (κ3) is 2.50. The smallest absolute Gasteiger partial charge is 0.319 e. The number of ether oxygens (including phenoxy) is 1. The molecule has 1 aromatic carbocycles. The number of ketones is 1. The minimum absolute atomic E-state index is 0.148. The summed E-state index contributed by atoms with van der Waals surface area (Å²) < 4.78 is 4.95. The van der Waals surface area contributed by atoms with Gasteiger partial charge in [-0.1, -0.05) is 36.4 Å². The van der Waals surface area contributed by atoms with Gasteiger partial charge in [-0.05, 0) is 31.4 Å². The average Bonchev–Trinajstić information content (AvgIpc) is 3.19. The molecule has 0 aromatic heterocycles. The molecule has 0 N–H and O–H groups in total. The fourth-order valence-corrected chi connectivity index (χ4v) is 1.84. The molecule has 1 aliphatic rings. The molecule has 1 fully saturated rings. The van der Waals surface area contributed by atoms with Gasteiger partial charge in [0.1, 0.15) is 5.41 Å². The lowest BCUT2D eigenvalue weighted by Crippen LogP contribution is -2.26. The quantitative estimate of drug-likeness (QED) is 0.454. The maximum atomic E-state index is 12.0. The molecule has 2 rings (SSSR count). The van der Waals surface area contributed by atoms with Gasteiger partial charge >= 0.3 is 5.97 Å². The fourth-order valence-electron chi connectivity index (χ4n) is 1.84. The Balaban J connectivity index is 2.05. The van der Waals surface area contributed by atoms with Crippen LogP contribution in [0.1, 0.15) is 25.3 Å². The Morgan fingerprint density at radius 2 is 1.94 bits per heavy atom. The van der Waals surface area contributed by atoms with Crippen molar-refractivity contribution in [1.29, 1.82) is 0 Å². The Labute approximate surface area is 106 Å². The van der Waals surface area contributed by atoms with E-state index in [1.165, 1.54) is 6.08 Å². The van der Waals surface area contributed by atoms with Crippen molar-refractivity contribution in [2.75, 3.05) is 6.61 Å². The Hall–Kier alpha value is -1.90. The molecular weight excluding hydrogens is 228 g/mol. The number of hydrogen-bond donors (Lipinski definition) is 0. The maximum Gasteiger partial charge on any atom is 0.319 e. The Morgan fingerprint density at radius 3 is 2.50 bits per heavy atom. The van der Waals surface area contributed by atoms with Crippen LogP contribution in [0.15, 0.2) is 36.4 Å². The summed E-state index contributed by atoms with van der Waals surface area (Å²) in [7, 11) is 0. The van der Waals surface area contributed by atoms with Gasteiger partial charge in [-0.3, -0.25) is 9.59 Å². The first-order valence-corrected chi connectivity index (χ1v) is 6.14. The molecule has 0 radical (unpaired) electrons. The molecule has 0 atom stereocenters. The van der Waals surface area contributed by atoms with Crippen molar-refractivity contribution in [3.8, 4) is 0 Å². The van der Waals surface area contributed by atoms with E-state index in [1.807, 2.05) is 30.3 Å². The Bertz CT molecular complexity index is 470. The summed E-state index contributed by atoms with van der Waals surface area (Å²) in [5, 5.41) is 0. The molecule has 1 saturated carbocycles. The van der Waals surface area contributed by atoms with E-state index in [0.29, 0.717) is 19.4 Å². The van der Waals surface area contributed by atoms with Crippen LogP contribution in [0.3, 0.4) is 0 Å². The van der Waals surface area contributed by atoms with Crippen LogP contribution in [0.5, 0.6) is 0 Å². The van der Waals surface area contributed by atoms with Gasteiger partial charge in [-0.15, -0.1) is 0 Å². The molecule has 3 heteroatoms. The van der Waals surface area contributed by atoms with E-state index in [0.717, 1.165) is 5.56 Å². The van der Waals surface area contributed by atoms with Crippen molar-refractivity contribution < 1.29 is 14.3 Å². The Kier molecular flexibility index (Phi) is 3.60.